The van der Waals surface area contributed by atoms with Gasteiger partial charge in [-0.2, -0.15) is 0 Å². The molecule has 9 heavy (non-hydrogen) atoms. The minimum absolute atomic E-state index is 0.885. The molecule has 1 heterocycles. The molecule has 1 fully saturated rings. The summed E-state index contributed by atoms with van der Waals surface area (Å²) in [5, 5.41) is 0. The van der Waals surface area contributed by atoms with E-state index in [9.17, 15) is 0 Å². The number of nitrogens with zero attached hydrogens (tertiary/aromatic N) is 1. The van der Waals surface area contributed by atoms with Gasteiger partial charge in [0.05, 0.1) is 5.84 Å². The van der Waals surface area contributed by atoms with Crippen LogP contribution in [0.4, 0.5) is 0 Å². The van der Waals surface area contributed by atoms with Crippen molar-refractivity contribution >= 4 is 5.84 Å². The van der Waals surface area contributed by atoms with Crippen molar-refractivity contribution in [1.29, 1.82) is 0 Å². The van der Waals surface area contributed by atoms with Crippen LogP contribution in [-0.2, 0) is 0 Å². The fourth-order valence-corrected chi connectivity index (χ4v) is 1.71. The number of nitrogens with two attached hydrogens (primary N) is 1. The second kappa shape index (κ2) is 1.72. The molecule has 0 spiro atoms. The van der Waals surface area contributed by atoms with Crippen molar-refractivity contribution in [3.63, 3.8) is 0 Å². The first-order valence-electron chi connectivity index (χ1n) is 3.65. The lowest BCUT2D eigenvalue weighted by atomic mass is 9.70. The van der Waals surface area contributed by atoms with Crippen LogP contribution >= 0.6 is 0 Å². The van der Waals surface area contributed by atoms with Gasteiger partial charge in [-0.1, -0.05) is 0 Å². The second-order valence-corrected chi connectivity index (χ2v) is 3.13. The third-order valence-electron chi connectivity index (χ3n) is 2.58. The summed E-state index contributed by atoms with van der Waals surface area (Å²) >= 11 is 0. The standard InChI is InChI=1S/C7H12N2/c8-7-3-5-1-2-6(5)4-9-7/h5-6H,1-4H2,(H2,8,9)/t5-,6+/m0/s1. The number of hydrogen-bond donors (Lipinski definition) is 1. The maximum absolute atomic E-state index is 5.57. The zero-order valence-corrected chi connectivity index (χ0v) is 5.51. The molecule has 50 valence electrons. The molecule has 0 aromatic heterocycles. The first-order chi connectivity index (χ1) is 4.36. The number of amidine groups is 1. The molecule has 0 bridgehead atoms. The highest BCUT2D eigenvalue weighted by Crippen LogP contribution is 2.38. The highest BCUT2D eigenvalue weighted by molar-refractivity contribution is 5.81. The molecule has 0 radical (unpaired) electrons. The van der Waals surface area contributed by atoms with E-state index in [0.717, 1.165) is 30.6 Å². The Morgan fingerprint density at radius 2 is 2.11 bits per heavy atom. The van der Waals surface area contributed by atoms with E-state index >= 15 is 0 Å². The molecule has 1 aliphatic heterocycles. The van der Waals surface area contributed by atoms with Gasteiger partial charge in [0.15, 0.2) is 0 Å². The predicted molar refractivity (Wildman–Crippen MR) is 37.3 cm³/mol. The number of rotatable bonds is 0. The van der Waals surface area contributed by atoms with Crippen LogP contribution in [0.2, 0.25) is 0 Å². The highest BCUT2D eigenvalue weighted by Gasteiger charge is 2.33. The Labute approximate surface area is 55.2 Å². The van der Waals surface area contributed by atoms with Gasteiger partial charge in [0, 0.05) is 13.0 Å². The fraction of sp³-hybridized carbons (Fsp3) is 0.857. The Hall–Kier alpha value is -0.530. The molecule has 2 rings (SSSR count). The zero-order valence-electron chi connectivity index (χ0n) is 5.51. The monoisotopic (exact) mass is 124 g/mol. The smallest absolute Gasteiger partial charge is 0.0940 e. The van der Waals surface area contributed by atoms with Crippen molar-refractivity contribution in [1.82, 2.24) is 0 Å². The lowest BCUT2D eigenvalue weighted by Gasteiger charge is -2.38. The topological polar surface area (TPSA) is 38.4 Å². The Bertz CT molecular complexity index is 151. The molecule has 0 unspecified atom stereocenters. The Morgan fingerprint density at radius 1 is 1.33 bits per heavy atom. The van der Waals surface area contributed by atoms with Crippen LogP contribution in [0.15, 0.2) is 4.99 Å². The molecule has 2 N–H and O–H groups in total. The van der Waals surface area contributed by atoms with Gasteiger partial charge in [-0.3, -0.25) is 4.99 Å². The van der Waals surface area contributed by atoms with Crippen LogP contribution in [0.25, 0.3) is 0 Å². The van der Waals surface area contributed by atoms with Gasteiger partial charge in [0.2, 0.25) is 0 Å². The largest absolute Gasteiger partial charge is 0.387 e. The average Bonchev–Trinajstić information content (AvgIpc) is 1.78. The van der Waals surface area contributed by atoms with Crippen LogP contribution in [-0.4, -0.2) is 12.4 Å². The zero-order chi connectivity index (χ0) is 6.27. The predicted octanol–water partition coefficient (Wildman–Crippen LogP) is 0.774. The molecule has 0 aromatic rings. The van der Waals surface area contributed by atoms with E-state index in [1.807, 2.05) is 0 Å². The quantitative estimate of drug-likeness (QED) is 0.509. The molecular weight excluding hydrogens is 112 g/mol. The van der Waals surface area contributed by atoms with E-state index in [-0.39, 0.29) is 0 Å². The average molecular weight is 124 g/mol. The van der Waals surface area contributed by atoms with Gasteiger partial charge in [0.1, 0.15) is 0 Å². The van der Waals surface area contributed by atoms with Crippen molar-refractivity contribution in [3.05, 3.63) is 0 Å². The van der Waals surface area contributed by atoms with E-state index in [1.54, 1.807) is 0 Å². The molecule has 0 aromatic carbocycles. The van der Waals surface area contributed by atoms with E-state index in [0.29, 0.717) is 0 Å². The first-order valence-corrected chi connectivity index (χ1v) is 3.65. The highest BCUT2D eigenvalue weighted by atomic mass is 14.9. The Morgan fingerprint density at radius 3 is 2.56 bits per heavy atom. The number of fused-ring (bicyclic) bond motifs is 1. The second-order valence-electron chi connectivity index (χ2n) is 3.13. The normalized spacial score (nSPS) is 40.7. The summed E-state index contributed by atoms with van der Waals surface area (Å²) in [7, 11) is 0. The molecule has 0 saturated heterocycles. The van der Waals surface area contributed by atoms with Crippen LogP contribution in [0.5, 0.6) is 0 Å². The lowest BCUT2D eigenvalue weighted by Crippen LogP contribution is -2.36. The molecule has 2 atom stereocenters. The van der Waals surface area contributed by atoms with E-state index in [4.69, 9.17) is 5.73 Å². The molecular formula is C7H12N2. The summed E-state index contributed by atoms with van der Waals surface area (Å²) in [5.41, 5.74) is 5.57. The summed E-state index contributed by atoms with van der Waals surface area (Å²) in [6, 6.07) is 0. The summed E-state index contributed by atoms with van der Waals surface area (Å²) in [6.07, 6.45) is 3.85. The first kappa shape index (κ1) is 5.27. The molecule has 0 amide bonds. The van der Waals surface area contributed by atoms with Crippen LogP contribution in [0.1, 0.15) is 19.3 Å². The summed E-state index contributed by atoms with van der Waals surface area (Å²) in [6.45, 7) is 1.01. The van der Waals surface area contributed by atoms with Gasteiger partial charge >= 0.3 is 0 Å². The third kappa shape index (κ3) is 0.732. The van der Waals surface area contributed by atoms with Gasteiger partial charge in [-0.05, 0) is 24.7 Å². The van der Waals surface area contributed by atoms with Crippen molar-refractivity contribution in [2.75, 3.05) is 6.54 Å². The van der Waals surface area contributed by atoms with Gasteiger partial charge < -0.3 is 5.73 Å². The molecule has 2 aliphatic rings. The maximum Gasteiger partial charge on any atom is 0.0940 e. The molecule has 1 aliphatic carbocycles. The lowest BCUT2D eigenvalue weighted by molar-refractivity contribution is 0.182. The molecule has 1 saturated carbocycles. The number of aliphatic imine (C=N–C) groups is 1. The third-order valence-corrected chi connectivity index (χ3v) is 2.58. The van der Waals surface area contributed by atoms with E-state index < -0.39 is 0 Å². The molecule has 2 nitrogen and oxygen atoms in total. The SMILES string of the molecule is NC1=NC[C@H]2CC[C@H]2C1. The van der Waals surface area contributed by atoms with Crippen LogP contribution in [0, 0.1) is 11.8 Å². The summed E-state index contributed by atoms with van der Waals surface area (Å²) in [5.74, 6) is 2.69. The van der Waals surface area contributed by atoms with Gasteiger partial charge in [-0.25, -0.2) is 0 Å². The van der Waals surface area contributed by atoms with Crippen molar-refractivity contribution in [2.45, 2.75) is 19.3 Å². The maximum atomic E-state index is 5.57. The summed E-state index contributed by atoms with van der Waals surface area (Å²) < 4.78 is 0. The van der Waals surface area contributed by atoms with Crippen LogP contribution < -0.4 is 5.73 Å². The van der Waals surface area contributed by atoms with Crippen molar-refractivity contribution in [3.8, 4) is 0 Å². The Kier molecular flexibility index (Phi) is 1.01. The summed E-state index contributed by atoms with van der Waals surface area (Å²) in [4.78, 5) is 4.21. The Balaban J connectivity index is 2.07. The molecule has 2 heteroatoms. The minimum Gasteiger partial charge on any atom is -0.387 e. The van der Waals surface area contributed by atoms with Crippen LogP contribution in [0.3, 0.4) is 0 Å². The van der Waals surface area contributed by atoms with Crippen molar-refractivity contribution < 1.29 is 0 Å². The van der Waals surface area contributed by atoms with Gasteiger partial charge in [-0.15, -0.1) is 0 Å². The van der Waals surface area contributed by atoms with Crippen molar-refractivity contribution in [2.24, 2.45) is 22.6 Å². The van der Waals surface area contributed by atoms with E-state index in [2.05, 4.69) is 4.99 Å². The number of hydrogen-bond acceptors (Lipinski definition) is 2. The minimum atomic E-state index is 0.885. The van der Waals surface area contributed by atoms with Gasteiger partial charge in [0.25, 0.3) is 0 Å². The van der Waals surface area contributed by atoms with E-state index in [1.165, 1.54) is 12.8 Å². The fourth-order valence-electron chi connectivity index (χ4n) is 1.71.